The molecular formula is C27H32ClN5O3. The number of ether oxygens (including phenoxy) is 1. The van der Waals surface area contributed by atoms with Crippen LogP contribution in [0.15, 0.2) is 75.8 Å². The van der Waals surface area contributed by atoms with Crippen LogP contribution in [0.5, 0.6) is 5.75 Å². The monoisotopic (exact) mass is 509 g/mol. The zero-order valence-corrected chi connectivity index (χ0v) is 21.9. The summed E-state index contributed by atoms with van der Waals surface area (Å²) in [6, 6.07) is 12.3. The molecule has 190 valence electrons. The highest BCUT2D eigenvalue weighted by Crippen LogP contribution is 2.31. The van der Waals surface area contributed by atoms with Gasteiger partial charge in [-0.2, -0.15) is 0 Å². The summed E-state index contributed by atoms with van der Waals surface area (Å²) in [5, 5.41) is 8.87. The quantitative estimate of drug-likeness (QED) is 0.210. The molecule has 0 heterocycles. The lowest BCUT2D eigenvalue weighted by atomic mass is 10.1. The van der Waals surface area contributed by atoms with E-state index in [1.807, 2.05) is 19.9 Å². The highest BCUT2D eigenvalue weighted by atomic mass is 35.5. The fourth-order valence-corrected chi connectivity index (χ4v) is 3.12. The van der Waals surface area contributed by atoms with E-state index >= 15 is 0 Å². The highest BCUT2D eigenvalue weighted by Gasteiger charge is 2.13. The first-order valence-electron chi connectivity index (χ1n) is 11.4. The standard InChI is InChI=1S/C27H32ClN5O3/c1-7-17(3)26(33-23-14-13-19(15-24(23)36-6)32-25(34)8-2)30-16-21(28)18(4)31-22-12-10-9-11-20(22)27(35)29-5/h8-17,31H,2,7H2,1,3-6H3,(H,29,35)(H,32,34). The van der Waals surface area contributed by atoms with Crippen LogP contribution < -0.4 is 20.7 Å². The summed E-state index contributed by atoms with van der Waals surface area (Å²) >= 11 is 6.52. The van der Waals surface area contributed by atoms with Crippen molar-refractivity contribution in [2.45, 2.75) is 27.2 Å². The van der Waals surface area contributed by atoms with E-state index < -0.39 is 0 Å². The van der Waals surface area contributed by atoms with E-state index in [0.717, 1.165) is 6.42 Å². The van der Waals surface area contributed by atoms with Crippen LogP contribution in [0.4, 0.5) is 17.1 Å². The number of halogens is 1. The predicted octanol–water partition coefficient (Wildman–Crippen LogP) is 5.91. The van der Waals surface area contributed by atoms with E-state index in [-0.39, 0.29) is 17.7 Å². The molecule has 1 unspecified atom stereocenters. The zero-order valence-electron chi connectivity index (χ0n) is 21.2. The minimum atomic E-state index is -0.318. The van der Waals surface area contributed by atoms with Crippen LogP contribution >= 0.6 is 11.6 Å². The third-order valence-corrected chi connectivity index (χ3v) is 5.69. The number of allylic oxidation sites excluding steroid dienone is 2. The number of carbonyl (C=O) groups excluding carboxylic acids is 2. The molecule has 2 amide bonds. The zero-order chi connectivity index (χ0) is 26.7. The van der Waals surface area contributed by atoms with Crippen LogP contribution in [0.1, 0.15) is 37.6 Å². The number of hydrogen-bond donors (Lipinski definition) is 3. The molecule has 9 heteroatoms. The molecule has 8 nitrogen and oxygen atoms in total. The van der Waals surface area contributed by atoms with Gasteiger partial charge >= 0.3 is 0 Å². The van der Waals surface area contributed by atoms with Crippen molar-refractivity contribution in [3.8, 4) is 5.75 Å². The average Bonchev–Trinajstić information content (AvgIpc) is 2.90. The Balaban J connectivity index is 2.36. The molecule has 1 atom stereocenters. The normalized spacial score (nSPS) is 13.0. The number of para-hydroxylation sites is 1. The van der Waals surface area contributed by atoms with Gasteiger partial charge in [-0.15, -0.1) is 0 Å². The number of amides is 2. The lowest BCUT2D eigenvalue weighted by molar-refractivity contribution is -0.111. The van der Waals surface area contributed by atoms with Crippen LogP contribution in [-0.4, -0.2) is 38.0 Å². The molecule has 0 radical (unpaired) electrons. The Kier molecular flexibility index (Phi) is 10.9. The van der Waals surface area contributed by atoms with Gasteiger partial charge in [-0.3, -0.25) is 9.59 Å². The molecule has 0 bridgehead atoms. The number of anilines is 2. The minimum absolute atomic E-state index is 0.0396. The van der Waals surface area contributed by atoms with Gasteiger partial charge in [0.2, 0.25) is 5.91 Å². The summed E-state index contributed by atoms with van der Waals surface area (Å²) in [5.41, 5.74) is 2.89. The maximum Gasteiger partial charge on any atom is 0.253 e. The van der Waals surface area contributed by atoms with Crippen LogP contribution in [0.3, 0.4) is 0 Å². The van der Waals surface area contributed by atoms with Gasteiger partial charge in [0.25, 0.3) is 5.91 Å². The largest absolute Gasteiger partial charge is 0.494 e. The van der Waals surface area contributed by atoms with Crippen LogP contribution in [0.25, 0.3) is 0 Å². The molecule has 0 aliphatic heterocycles. The van der Waals surface area contributed by atoms with Crippen molar-refractivity contribution < 1.29 is 14.3 Å². The first kappa shape index (κ1) is 28.3. The molecule has 0 aliphatic carbocycles. The number of rotatable bonds is 10. The van der Waals surface area contributed by atoms with Gasteiger partial charge < -0.3 is 20.7 Å². The molecule has 0 spiro atoms. The van der Waals surface area contributed by atoms with Gasteiger partial charge in [0.1, 0.15) is 17.3 Å². The fourth-order valence-electron chi connectivity index (χ4n) is 3.02. The van der Waals surface area contributed by atoms with Crippen molar-refractivity contribution in [1.82, 2.24) is 5.32 Å². The maximum absolute atomic E-state index is 12.1. The third kappa shape index (κ3) is 7.81. The summed E-state index contributed by atoms with van der Waals surface area (Å²) in [6.45, 7) is 9.31. The molecule has 0 aromatic heterocycles. The molecular weight excluding hydrogens is 478 g/mol. The minimum Gasteiger partial charge on any atom is -0.494 e. The molecule has 0 aliphatic rings. The molecule has 0 fully saturated rings. The van der Waals surface area contributed by atoms with Crippen LogP contribution in [0, 0.1) is 5.92 Å². The second kappa shape index (κ2) is 13.8. The Morgan fingerprint density at radius 1 is 1.19 bits per heavy atom. The topological polar surface area (TPSA) is 104 Å². The SMILES string of the molecule is C=CC(=O)Nc1ccc(N=C(N=CC(Cl)=C(C)Nc2ccccc2C(=O)NC)C(C)CC)c(OC)c1. The lowest BCUT2D eigenvalue weighted by Crippen LogP contribution is -2.19. The van der Waals surface area contributed by atoms with Gasteiger partial charge in [-0.05, 0) is 43.7 Å². The summed E-state index contributed by atoms with van der Waals surface area (Å²) in [5.74, 6) is 0.568. The van der Waals surface area contributed by atoms with E-state index in [9.17, 15) is 9.59 Å². The summed E-state index contributed by atoms with van der Waals surface area (Å²) in [4.78, 5) is 33.0. The average molecular weight is 510 g/mol. The van der Waals surface area contributed by atoms with Crippen molar-refractivity contribution in [1.29, 1.82) is 0 Å². The molecule has 0 saturated carbocycles. The Hall–Kier alpha value is -3.91. The van der Waals surface area contributed by atoms with E-state index in [0.29, 0.717) is 44.9 Å². The number of amidine groups is 1. The Morgan fingerprint density at radius 3 is 2.56 bits per heavy atom. The summed E-state index contributed by atoms with van der Waals surface area (Å²) in [7, 11) is 3.11. The smallest absolute Gasteiger partial charge is 0.253 e. The Bertz CT molecular complexity index is 1200. The number of methoxy groups -OCH3 is 1. The van der Waals surface area contributed by atoms with Crippen molar-refractivity contribution in [3.63, 3.8) is 0 Å². The number of benzene rings is 2. The van der Waals surface area contributed by atoms with Crippen LogP contribution in [0.2, 0.25) is 0 Å². The van der Waals surface area contributed by atoms with Crippen molar-refractivity contribution in [2.75, 3.05) is 24.8 Å². The number of nitrogens with one attached hydrogen (secondary N) is 3. The second-order valence-electron chi connectivity index (χ2n) is 7.84. The number of carbonyl (C=O) groups is 2. The maximum atomic E-state index is 12.1. The Labute approximate surface area is 217 Å². The first-order chi connectivity index (χ1) is 17.2. The number of nitrogens with zero attached hydrogens (tertiary/aromatic N) is 2. The molecule has 3 N–H and O–H groups in total. The highest BCUT2D eigenvalue weighted by molar-refractivity contribution is 6.40. The van der Waals surface area contributed by atoms with Gasteiger partial charge in [-0.1, -0.05) is 44.2 Å². The first-order valence-corrected chi connectivity index (χ1v) is 11.8. The third-order valence-electron chi connectivity index (χ3n) is 5.31. The lowest BCUT2D eigenvalue weighted by Gasteiger charge is -2.13. The van der Waals surface area contributed by atoms with Crippen molar-refractivity contribution in [3.05, 3.63) is 71.4 Å². The van der Waals surface area contributed by atoms with E-state index in [1.165, 1.54) is 19.4 Å². The second-order valence-corrected chi connectivity index (χ2v) is 8.25. The predicted molar refractivity (Wildman–Crippen MR) is 149 cm³/mol. The molecule has 2 aromatic rings. The summed E-state index contributed by atoms with van der Waals surface area (Å²) in [6.07, 6.45) is 3.53. The molecule has 2 rings (SSSR count). The molecule has 0 saturated heterocycles. The van der Waals surface area contributed by atoms with E-state index in [2.05, 4.69) is 27.5 Å². The van der Waals surface area contributed by atoms with E-state index in [1.54, 1.807) is 50.4 Å². The molecule has 36 heavy (non-hydrogen) atoms. The number of aliphatic imine (C=N–C) groups is 2. The van der Waals surface area contributed by atoms with Crippen LogP contribution in [-0.2, 0) is 4.79 Å². The van der Waals surface area contributed by atoms with Gasteiger partial charge in [0, 0.05) is 36.6 Å². The summed E-state index contributed by atoms with van der Waals surface area (Å²) < 4.78 is 5.47. The molecule has 2 aromatic carbocycles. The van der Waals surface area contributed by atoms with Crippen molar-refractivity contribution in [2.24, 2.45) is 15.9 Å². The van der Waals surface area contributed by atoms with Crippen molar-refractivity contribution >= 4 is 52.5 Å². The van der Waals surface area contributed by atoms with E-state index in [4.69, 9.17) is 21.3 Å². The fraction of sp³-hybridized carbons (Fsp3) is 0.259. The van der Waals surface area contributed by atoms with Gasteiger partial charge in [-0.25, -0.2) is 9.98 Å². The number of hydrogen-bond acceptors (Lipinski definition) is 5. The van der Waals surface area contributed by atoms with Gasteiger partial charge in [0.05, 0.1) is 23.4 Å². The van der Waals surface area contributed by atoms with Gasteiger partial charge in [0.15, 0.2) is 0 Å². The Morgan fingerprint density at radius 2 is 1.92 bits per heavy atom.